The first kappa shape index (κ1) is 19.3. The smallest absolute Gasteiger partial charge is 0.303 e. The molecule has 0 unspecified atom stereocenters. The number of urea groups is 1. The Morgan fingerprint density at radius 3 is 2.50 bits per heavy atom. The van der Waals surface area contributed by atoms with Gasteiger partial charge in [0.2, 0.25) is 0 Å². The summed E-state index contributed by atoms with van der Waals surface area (Å²) in [5.74, 6) is -0.690. The maximum absolute atomic E-state index is 13.0. The van der Waals surface area contributed by atoms with Crippen molar-refractivity contribution >= 4 is 29.6 Å². The number of barbiturate groups is 1. The molecular weight excluding hydrogens is 382 g/mol. The van der Waals surface area contributed by atoms with Gasteiger partial charge in [0.15, 0.2) is 0 Å². The zero-order chi connectivity index (χ0) is 21.4. The third kappa shape index (κ3) is 3.28. The highest BCUT2D eigenvalue weighted by Crippen LogP contribution is 2.25. The second-order valence-electron chi connectivity index (χ2n) is 7.02. The third-order valence-corrected chi connectivity index (χ3v) is 4.90. The predicted molar refractivity (Wildman–Crippen MR) is 111 cm³/mol. The molecule has 3 aromatic rings. The fourth-order valence-electron chi connectivity index (χ4n) is 3.41. The molecule has 4 rings (SSSR count). The lowest BCUT2D eigenvalue weighted by molar-refractivity contribution is -0.122. The van der Waals surface area contributed by atoms with Gasteiger partial charge < -0.3 is 4.57 Å². The summed E-state index contributed by atoms with van der Waals surface area (Å²) in [4.78, 5) is 47.0. The molecule has 0 atom stereocenters. The summed E-state index contributed by atoms with van der Waals surface area (Å²) in [5, 5.41) is 2.22. The number of pyridine rings is 2. The number of hydrogen-bond acceptors (Lipinski definition) is 5. The monoisotopic (exact) mass is 401 g/mol. The van der Waals surface area contributed by atoms with Crippen molar-refractivity contribution in [1.29, 1.82) is 0 Å². The molecule has 30 heavy (non-hydrogen) atoms. The van der Waals surface area contributed by atoms with Crippen LogP contribution in [0, 0.1) is 20.8 Å². The molecule has 0 spiro atoms. The van der Waals surface area contributed by atoms with Crippen molar-refractivity contribution in [2.45, 2.75) is 20.8 Å². The van der Waals surface area contributed by atoms with Crippen molar-refractivity contribution in [2.75, 3.05) is 4.90 Å². The molecule has 0 radical (unpaired) electrons. The number of carbonyl (C=O) groups excluding carboxylic acids is 3. The Bertz CT molecular complexity index is 1190. The van der Waals surface area contributed by atoms with E-state index in [0.29, 0.717) is 5.56 Å². The molecule has 8 heteroatoms. The highest BCUT2D eigenvalue weighted by Gasteiger charge is 2.37. The maximum atomic E-state index is 13.0. The number of aromatic nitrogens is 3. The van der Waals surface area contributed by atoms with Crippen LogP contribution in [0.15, 0.2) is 54.5 Å². The van der Waals surface area contributed by atoms with Crippen LogP contribution >= 0.6 is 0 Å². The highest BCUT2D eigenvalue weighted by molar-refractivity contribution is 6.39. The molecule has 1 N–H and O–H groups in total. The van der Waals surface area contributed by atoms with Crippen molar-refractivity contribution in [3.63, 3.8) is 0 Å². The van der Waals surface area contributed by atoms with Gasteiger partial charge in [-0.1, -0.05) is 6.07 Å². The first-order valence-electron chi connectivity index (χ1n) is 9.30. The number of hydrogen-bond donors (Lipinski definition) is 1. The van der Waals surface area contributed by atoms with Gasteiger partial charge in [0, 0.05) is 23.8 Å². The molecule has 8 nitrogen and oxygen atoms in total. The Morgan fingerprint density at radius 2 is 1.83 bits per heavy atom. The van der Waals surface area contributed by atoms with Crippen LogP contribution in [0.5, 0.6) is 0 Å². The number of nitrogens with zero attached hydrogens (tertiary/aromatic N) is 4. The van der Waals surface area contributed by atoms with E-state index in [0.717, 1.165) is 27.7 Å². The van der Waals surface area contributed by atoms with Gasteiger partial charge in [-0.2, -0.15) is 0 Å². The Balaban J connectivity index is 1.76. The molecule has 1 saturated heterocycles. The fraction of sp³-hybridized carbons (Fsp3) is 0.136. The van der Waals surface area contributed by atoms with E-state index in [1.165, 1.54) is 18.5 Å². The van der Waals surface area contributed by atoms with Crippen LogP contribution in [-0.4, -0.2) is 32.4 Å². The van der Waals surface area contributed by atoms with Crippen molar-refractivity contribution in [3.05, 3.63) is 77.0 Å². The fourth-order valence-corrected chi connectivity index (χ4v) is 3.41. The molecule has 0 saturated carbocycles. The van der Waals surface area contributed by atoms with E-state index in [2.05, 4.69) is 15.3 Å². The van der Waals surface area contributed by atoms with Gasteiger partial charge in [0.25, 0.3) is 11.8 Å². The number of nitrogens with one attached hydrogen (secondary N) is 1. The zero-order valence-corrected chi connectivity index (χ0v) is 16.7. The summed E-state index contributed by atoms with van der Waals surface area (Å²) in [6.45, 7) is 5.77. The molecule has 3 aromatic heterocycles. The number of aryl methyl sites for hydroxylation is 2. The summed E-state index contributed by atoms with van der Waals surface area (Å²) < 4.78 is 1.95. The lowest BCUT2D eigenvalue weighted by Gasteiger charge is -2.26. The molecule has 1 aliphatic heterocycles. The molecule has 0 aromatic carbocycles. The minimum Gasteiger partial charge on any atom is -0.303 e. The van der Waals surface area contributed by atoms with Gasteiger partial charge in [-0.15, -0.1) is 0 Å². The summed E-state index contributed by atoms with van der Waals surface area (Å²) in [6.07, 6.45) is 6.20. The first-order valence-corrected chi connectivity index (χ1v) is 9.30. The zero-order valence-electron chi connectivity index (χ0n) is 16.7. The van der Waals surface area contributed by atoms with Crippen LogP contribution in [0.3, 0.4) is 0 Å². The molecule has 4 heterocycles. The standard InChI is InChI=1S/C22H19N5O3/c1-13-6-7-19(24-11-13)26-14(2)9-16(15(26)3)10-18-20(28)25-22(30)27(21(18)29)17-5-4-8-23-12-17/h4-12H,1-3H3,(H,25,28,30)/b18-10+. The second kappa shape index (κ2) is 7.40. The van der Waals surface area contributed by atoms with Crippen LogP contribution in [-0.2, 0) is 9.59 Å². The SMILES string of the molecule is Cc1ccc(-n2c(C)cc(/C=C3\C(=O)NC(=O)N(c4cccnc4)C3=O)c2C)nc1. The van der Waals surface area contributed by atoms with E-state index in [1.807, 2.05) is 43.5 Å². The third-order valence-electron chi connectivity index (χ3n) is 4.90. The molecular formula is C22H19N5O3. The van der Waals surface area contributed by atoms with Crippen molar-refractivity contribution in [2.24, 2.45) is 0 Å². The van der Waals surface area contributed by atoms with E-state index in [1.54, 1.807) is 18.3 Å². The van der Waals surface area contributed by atoms with Crippen LogP contribution < -0.4 is 10.2 Å². The molecule has 1 fully saturated rings. The van der Waals surface area contributed by atoms with Crippen LogP contribution in [0.25, 0.3) is 11.9 Å². The average molecular weight is 401 g/mol. The van der Waals surface area contributed by atoms with E-state index in [-0.39, 0.29) is 11.3 Å². The summed E-state index contributed by atoms with van der Waals surface area (Å²) in [5.41, 5.74) is 3.62. The van der Waals surface area contributed by atoms with E-state index in [4.69, 9.17) is 0 Å². The highest BCUT2D eigenvalue weighted by atomic mass is 16.2. The largest absolute Gasteiger partial charge is 0.336 e. The number of imide groups is 2. The summed E-state index contributed by atoms with van der Waals surface area (Å²) >= 11 is 0. The molecule has 0 bridgehead atoms. The Morgan fingerprint density at radius 1 is 1.03 bits per heavy atom. The molecule has 4 amide bonds. The van der Waals surface area contributed by atoms with Gasteiger partial charge in [-0.05, 0) is 62.2 Å². The van der Waals surface area contributed by atoms with Gasteiger partial charge in [-0.3, -0.25) is 19.9 Å². The molecule has 1 aliphatic rings. The van der Waals surface area contributed by atoms with Gasteiger partial charge in [0.1, 0.15) is 11.4 Å². The van der Waals surface area contributed by atoms with Crippen LogP contribution in [0.1, 0.15) is 22.5 Å². The Labute approximate surface area is 172 Å². The van der Waals surface area contributed by atoms with Gasteiger partial charge >= 0.3 is 6.03 Å². The predicted octanol–water partition coefficient (Wildman–Crippen LogP) is 2.86. The Hall–Kier alpha value is -4.07. The lowest BCUT2D eigenvalue weighted by Crippen LogP contribution is -2.54. The number of anilines is 1. The average Bonchev–Trinajstić information content (AvgIpc) is 3.00. The van der Waals surface area contributed by atoms with Crippen LogP contribution in [0.2, 0.25) is 0 Å². The maximum Gasteiger partial charge on any atom is 0.336 e. The van der Waals surface area contributed by atoms with Crippen molar-refractivity contribution in [1.82, 2.24) is 19.9 Å². The van der Waals surface area contributed by atoms with Crippen molar-refractivity contribution < 1.29 is 14.4 Å². The Kier molecular flexibility index (Phi) is 4.75. The van der Waals surface area contributed by atoms with Crippen LogP contribution in [0.4, 0.5) is 10.5 Å². The molecule has 0 aliphatic carbocycles. The quantitative estimate of drug-likeness (QED) is 0.538. The summed E-state index contributed by atoms with van der Waals surface area (Å²) in [7, 11) is 0. The first-order chi connectivity index (χ1) is 14.4. The van der Waals surface area contributed by atoms with E-state index < -0.39 is 17.8 Å². The normalized spacial score (nSPS) is 15.6. The van der Waals surface area contributed by atoms with E-state index in [9.17, 15) is 14.4 Å². The lowest BCUT2D eigenvalue weighted by atomic mass is 10.1. The molecule has 150 valence electrons. The van der Waals surface area contributed by atoms with Gasteiger partial charge in [-0.25, -0.2) is 14.7 Å². The topological polar surface area (TPSA) is 97.2 Å². The minimum absolute atomic E-state index is 0.129. The van der Waals surface area contributed by atoms with Gasteiger partial charge in [0.05, 0.1) is 11.9 Å². The number of rotatable bonds is 3. The van der Waals surface area contributed by atoms with E-state index >= 15 is 0 Å². The number of amides is 4. The van der Waals surface area contributed by atoms with Crippen molar-refractivity contribution in [3.8, 4) is 5.82 Å². The summed E-state index contributed by atoms with van der Waals surface area (Å²) in [6, 6.07) is 8.13. The second-order valence-corrected chi connectivity index (χ2v) is 7.02. The number of carbonyl (C=O) groups is 3. The minimum atomic E-state index is -0.801.